The summed E-state index contributed by atoms with van der Waals surface area (Å²) in [5.41, 5.74) is 1.67. The summed E-state index contributed by atoms with van der Waals surface area (Å²) in [5, 5.41) is 15.9. The molecular formula is C8H11AsN4O. The van der Waals surface area contributed by atoms with E-state index < -0.39 is 0 Å². The summed E-state index contributed by atoms with van der Waals surface area (Å²) in [5.74, 6) is 0. The molecular weight excluding hydrogens is 243 g/mol. The van der Waals surface area contributed by atoms with E-state index in [2.05, 4.69) is 15.4 Å². The summed E-state index contributed by atoms with van der Waals surface area (Å²) < 4.78 is 2.89. The molecule has 0 aliphatic carbocycles. The molecule has 0 aromatic carbocycles. The van der Waals surface area contributed by atoms with E-state index in [0.29, 0.717) is 6.54 Å². The van der Waals surface area contributed by atoms with Gasteiger partial charge in [-0.1, -0.05) is 0 Å². The van der Waals surface area contributed by atoms with Crippen LogP contribution in [0, 0.1) is 0 Å². The fourth-order valence-electron chi connectivity index (χ4n) is 1.23. The van der Waals surface area contributed by atoms with Gasteiger partial charge < -0.3 is 0 Å². The fraction of sp³-hybridized carbons (Fsp3) is 0.250. The number of nitrogens with one attached hydrogen (secondary N) is 1. The van der Waals surface area contributed by atoms with Crippen molar-refractivity contribution in [3.63, 3.8) is 0 Å². The molecule has 0 aliphatic heterocycles. The Balaban J connectivity index is 2.42. The number of hydrogen-bond acceptors (Lipinski definition) is 4. The van der Waals surface area contributed by atoms with Crippen LogP contribution in [0.4, 0.5) is 5.69 Å². The zero-order valence-corrected chi connectivity index (χ0v) is 9.94. The Labute approximate surface area is 89.7 Å². The second kappa shape index (κ2) is 3.98. The van der Waals surface area contributed by atoms with Gasteiger partial charge in [-0.2, -0.15) is 0 Å². The molecule has 0 aliphatic rings. The van der Waals surface area contributed by atoms with Crippen molar-refractivity contribution >= 4 is 32.7 Å². The van der Waals surface area contributed by atoms with E-state index in [-0.39, 0.29) is 6.61 Å². The maximum atomic E-state index is 8.68. The van der Waals surface area contributed by atoms with Gasteiger partial charge in [-0.25, -0.2) is 0 Å². The summed E-state index contributed by atoms with van der Waals surface area (Å²) in [6.45, 7) is 0.620. The predicted octanol–water partition coefficient (Wildman–Crippen LogP) is -1.61. The van der Waals surface area contributed by atoms with Crippen LogP contribution in [0.25, 0.3) is 5.65 Å². The van der Waals surface area contributed by atoms with E-state index in [1.807, 2.05) is 6.07 Å². The molecule has 1 atom stereocenters. The van der Waals surface area contributed by atoms with Crippen LogP contribution in [0.5, 0.6) is 0 Å². The van der Waals surface area contributed by atoms with Crippen LogP contribution in [-0.4, -0.2) is 49.7 Å². The summed E-state index contributed by atoms with van der Waals surface area (Å²) in [7, 11) is 0. The second-order valence-corrected chi connectivity index (χ2v) is 4.05. The normalized spacial score (nSPS) is 10.7. The molecule has 1 unspecified atom stereocenters. The van der Waals surface area contributed by atoms with Crippen molar-refractivity contribution in [1.82, 2.24) is 14.6 Å². The standard InChI is InChI=1S/C8H11AsN4O/c9-7-1-2-11-8-6(10-3-4-14)5-12-13(7)8/h1-2,5,10,14H,3-4,9H2. The SMILES string of the molecule is OCCNc1cnn2c([AsH2])ccnc12. The Morgan fingerprint density at radius 1 is 1.57 bits per heavy atom. The van der Waals surface area contributed by atoms with Crippen LogP contribution >= 0.6 is 0 Å². The van der Waals surface area contributed by atoms with E-state index in [1.54, 1.807) is 16.9 Å². The molecule has 0 saturated carbocycles. The average Bonchev–Trinajstić information content (AvgIpc) is 2.60. The van der Waals surface area contributed by atoms with Gasteiger partial charge in [0.1, 0.15) is 0 Å². The zero-order valence-electron chi connectivity index (χ0n) is 7.51. The first-order valence-corrected chi connectivity index (χ1v) is 5.47. The van der Waals surface area contributed by atoms with Gasteiger partial charge in [0.15, 0.2) is 0 Å². The number of rotatable bonds is 3. The van der Waals surface area contributed by atoms with E-state index >= 15 is 0 Å². The third kappa shape index (κ3) is 1.61. The number of nitrogens with zero attached hydrogens (tertiary/aromatic N) is 3. The average molecular weight is 254 g/mol. The fourth-order valence-corrected chi connectivity index (χ4v) is 1.80. The van der Waals surface area contributed by atoms with Crippen molar-refractivity contribution in [3.05, 3.63) is 18.5 Å². The van der Waals surface area contributed by atoms with E-state index in [0.717, 1.165) is 15.8 Å². The van der Waals surface area contributed by atoms with E-state index in [1.165, 1.54) is 16.9 Å². The molecule has 0 bridgehead atoms. The molecule has 2 N–H and O–H groups in total. The summed E-state index contributed by atoms with van der Waals surface area (Å²) in [6, 6.07) is 1.93. The van der Waals surface area contributed by atoms with Gasteiger partial charge in [0.05, 0.1) is 0 Å². The van der Waals surface area contributed by atoms with Gasteiger partial charge in [-0.3, -0.25) is 0 Å². The van der Waals surface area contributed by atoms with Crippen LogP contribution < -0.4 is 9.80 Å². The van der Waals surface area contributed by atoms with E-state index in [9.17, 15) is 0 Å². The van der Waals surface area contributed by atoms with Crippen molar-refractivity contribution in [3.8, 4) is 0 Å². The molecule has 6 heteroatoms. The number of aromatic nitrogens is 3. The molecule has 0 spiro atoms. The van der Waals surface area contributed by atoms with Crippen molar-refractivity contribution in [1.29, 1.82) is 0 Å². The molecule has 5 nitrogen and oxygen atoms in total. The maximum absolute atomic E-state index is 8.68. The van der Waals surface area contributed by atoms with Crippen LogP contribution in [0.1, 0.15) is 0 Å². The second-order valence-electron chi connectivity index (χ2n) is 2.81. The first-order valence-electron chi connectivity index (χ1n) is 4.26. The summed E-state index contributed by atoms with van der Waals surface area (Å²) >= 11 is 1.51. The van der Waals surface area contributed by atoms with Crippen LogP contribution in [-0.2, 0) is 0 Å². The number of hydrogen-bond donors (Lipinski definition) is 2. The van der Waals surface area contributed by atoms with Gasteiger partial charge in [-0.05, 0) is 0 Å². The molecule has 14 heavy (non-hydrogen) atoms. The van der Waals surface area contributed by atoms with Crippen molar-refractivity contribution in [2.75, 3.05) is 18.5 Å². The van der Waals surface area contributed by atoms with Crippen LogP contribution in [0.2, 0.25) is 0 Å². The molecule has 2 heterocycles. The summed E-state index contributed by atoms with van der Waals surface area (Å²) in [4.78, 5) is 4.22. The van der Waals surface area contributed by atoms with E-state index in [4.69, 9.17) is 5.11 Å². The molecule has 2 aromatic heterocycles. The minimum atomic E-state index is 0.104. The predicted molar refractivity (Wildman–Crippen MR) is 56.7 cm³/mol. The number of anilines is 1. The first-order chi connectivity index (χ1) is 6.83. The van der Waals surface area contributed by atoms with Crippen LogP contribution in [0.15, 0.2) is 18.5 Å². The monoisotopic (exact) mass is 254 g/mol. The first kappa shape index (κ1) is 9.49. The molecule has 2 aromatic rings. The third-order valence-electron chi connectivity index (χ3n) is 1.86. The van der Waals surface area contributed by atoms with Gasteiger partial charge >= 0.3 is 89.3 Å². The summed E-state index contributed by atoms with van der Waals surface area (Å²) in [6.07, 6.45) is 3.49. The zero-order chi connectivity index (χ0) is 9.97. The molecule has 2 rings (SSSR count). The van der Waals surface area contributed by atoms with Crippen molar-refractivity contribution in [2.24, 2.45) is 0 Å². The Hall–Kier alpha value is -1.06. The molecule has 0 saturated heterocycles. The number of aliphatic hydroxyl groups excluding tert-OH is 1. The van der Waals surface area contributed by atoms with Gasteiger partial charge in [0.25, 0.3) is 0 Å². The van der Waals surface area contributed by atoms with Gasteiger partial charge in [0.2, 0.25) is 0 Å². The van der Waals surface area contributed by atoms with Crippen LogP contribution in [0.3, 0.4) is 0 Å². The van der Waals surface area contributed by atoms with Crippen molar-refractivity contribution < 1.29 is 5.11 Å². The Kier molecular flexibility index (Phi) is 2.70. The topological polar surface area (TPSA) is 62.5 Å². The number of fused-ring (bicyclic) bond motifs is 1. The Bertz CT molecular complexity index is 442. The van der Waals surface area contributed by atoms with Gasteiger partial charge in [0, 0.05) is 0 Å². The Morgan fingerprint density at radius 3 is 3.21 bits per heavy atom. The Morgan fingerprint density at radius 2 is 2.43 bits per heavy atom. The third-order valence-corrected chi connectivity index (χ3v) is 2.77. The molecule has 74 valence electrons. The molecule has 0 radical (unpaired) electrons. The van der Waals surface area contributed by atoms with Crippen molar-refractivity contribution in [2.45, 2.75) is 0 Å². The molecule has 0 fully saturated rings. The van der Waals surface area contributed by atoms with Gasteiger partial charge in [-0.15, -0.1) is 0 Å². The minimum absolute atomic E-state index is 0.104. The quantitative estimate of drug-likeness (QED) is 0.647. The number of aliphatic hydroxyl groups is 1. The molecule has 0 amide bonds.